The van der Waals surface area contributed by atoms with Crippen LogP contribution in [0.3, 0.4) is 0 Å². The number of aromatic nitrogens is 2. The smallest absolute Gasteiger partial charge is 0.323 e. The van der Waals surface area contributed by atoms with Gasteiger partial charge in [0.25, 0.3) is 5.56 Å². The van der Waals surface area contributed by atoms with Crippen LogP contribution in [-0.2, 0) is 22.5 Å². The number of ether oxygens (including phenoxy) is 1. The fourth-order valence-corrected chi connectivity index (χ4v) is 3.53. The Balaban J connectivity index is 2.16. The Hall–Kier alpha value is -2.51. The van der Waals surface area contributed by atoms with E-state index in [0.29, 0.717) is 29.1 Å². The number of aliphatic carboxylic acids is 1. The molecule has 7 heteroatoms. The minimum Gasteiger partial charge on any atom is -0.480 e. The molecule has 1 N–H and O–H groups in total. The third kappa shape index (κ3) is 3.22. The zero-order valence-electron chi connectivity index (χ0n) is 13.1. The number of carbonyl (C=O) groups is 1. The zero-order valence-corrected chi connectivity index (χ0v) is 13.9. The van der Waals surface area contributed by atoms with E-state index >= 15 is 0 Å². The molecule has 0 saturated carbocycles. The molecule has 0 bridgehead atoms. The third-order valence-corrected chi connectivity index (χ3v) is 4.69. The molecule has 6 nitrogen and oxygen atoms in total. The summed E-state index contributed by atoms with van der Waals surface area (Å²) in [7, 11) is 1.55. The van der Waals surface area contributed by atoms with E-state index in [9.17, 15) is 9.59 Å². The summed E-state index contributed by atoms with van der Waals surface area (Å²) >= 11 is 1.43. The second-order valence-electron chi connectivity index (χ2n) is 5.25. The average molecular weight is 344 g/mol. The van der Waals surface area contributed by atoms with Gasteiger partial charge in [-0.1, -0.05) is 30.3 Å². The number of benzene rings is 1. The quantitative estimate of drug-likeness (QED) is 0.742. The number of thiophene rings is 1. The van der Waals surface area contributed by atoms with Gasteiger partial charge in [-0.15, -0.1) is 11.3 Å². The van der Waals surface area contributed by atoms with Crippen LogP contribution >= 0.6 is 11.3 Å². The van der Waals surface area contributed by atoms with Crippen LogP contribution in [0.2, 0.25) is 0 Å². The Bertz CT molecular complexity index is 931. The third-order valence-electron chi connectivity index (χ3n) is 3.61. The van der Waals surface area contributed by atoms with Gasteiger partial charge in [-0.2, -0.15) is 0 Å². The highest BCUT2D eigenvalue weighted by Gasteiger charge is 2.16. The van der Waals surface area contributed by atoms with Crippen molar-refractivity contribution in [2.75, 3.05) is 13.7 Å². The van der Waals surface area contributed by atoms with Gasteiger partial charge in [0.2, 0.25) is 0 Å². The standard InChI is InChI=1S/C17H16N2O4S/c1-23-8-7-14-18-16-12(17(22)19(14)10-15(20)21)9-13(24-16)11-5-3-2-4-6-11/h2-6,9H,7-8,10H2,1H3,(H,20,21). The molecule has 24 heavy (non-hydrogen) atoms. The first kappa shape index (κ1) is 16.4. The number of fused-ring (bicyclic) bond motifs is 1. The van der Waals surface area contributed by atoms with Gasteiger partial charge in [0.1, 0.15) is 17.2 Å². The maximum absolute atomic E-state index is 12.7. The number of carboxylic acid groups (broad SMARTS) is 1. The molecule has 1 aromatic carbocycles. The minimum absolute atomic E-state index is 0.327. The van der Waals surface area contributed by atoms with Gasteiger partial charge < -0.3 is 9.84 Å². The molecular formula is C17H16N2O4S. The minimum atomic E-state index is -1.07. The summed E-state index contributed by atoms with van der Waals surface area (Å²) in [5.41, 5.74) is 0.676. The van der Waals surface area contributed by atoms with Crippen molar-refractivity contribution in [3.05, 3.63) is 52.6 Å². The first-order valence-corrected chi connectivity index (χ1v) is 8.21. The van der Waals surface area contributed by atoms with Crippen LogP contribution in [0.1, 0.15) is 5.82 Å². The highest BCUT2D eigenvalue weighted by Crippen LogP contribution is 2.31. The van der Waals surface area contributed by atoms with Gasteiger partial charge in [-0.3, -0.25) is 14.2 Å². The zero-order chi connectivity index (χ0) is 17.1. The summed E-state index contributed by atoms with van der Waals surface area (Å²) in [6, 6.07) is 11.5. The molecule has 2 aromatic heterocycles. The van der Waals surface area contributed by atoms with Crippen molar-refractivity contribution in [2.45, 2.75) is 13.0 Å². The Labute approximate surface area is 142 Å². The first-order chi connectivity index (χ1) is 11.6. The summed E-state index contributed by atoms with van der Waals surface area (Å²) in [6.45, 7) is -0.0359. The molecule has 0 amide bonds. The first-order valence-electron chi connectivity index (χ1n) is 7.39. The van der Waals surface area contributed by atoms with E-state index in [1.165, 1.54) is 15.9 Å². The molecule has 124 valence electrons. The summed E-state index contributed by atoms with van der Waals surface area (Å²) in [4.78, 5) is 29.9. The van der Waals surface area contributed by atoms with Crippen molar-refractivity contribution in [2.24, 2.45) is 0 Å². The molecule has 3 rings (SSSR count). The number of hydrogen-bond acceptors (Lipinski definition) is 5. The van der Waals surface area contributed by atoms with Gasteiger partial charge in [0.15, 0.2) is 0 Å². The predicted molar refractivity (Wildman–Crippen MR) is 92.5 cm³/mol. The lowest BCUT2D eigenvalue weighted by Crippen LogP contribution is -2.28. The van der Waals surface area contributed by atoms with E-state index in [1.54, 1.807) is 13.2 Å². The van der Waals surface area contributed by atoms with E-state index < -0.39 is 12.5 Å². The van der Waals surface area contributed by atoms with Gasteiger partial charge in [-0.25, -0.2) is 4.98 Å². The monoisotopic (exact) mass is 344 g/mol. The molecule has 0 aliphatic carbocycles. The predicted octanol–water partition coefficient (Wildman–Crippen LogP) is 2.40. The molecule has 0 aliphatic heterocycles. The van der Waals surface area contributed by atoms with Crippen LogP contribution in [0, 0.1) is 0 Å². The maximum atomic E-state index is 12.7. The van der Waals surface area contributed by atoms with Crippen molar-refractivity contribution >= 4 is 27.5 Å². The molecule has 0 fully saturated rings. The SMILES string of the molecule is COCCc1nc2sc(-c3ccccc3)cc2c(=O)n1CC(=O)O. The molecule has 0 atom stereocenters. The van der Waals surface area contributed by atoms with Crippen LogP contribution in [0.4, 0.5) is 0 Å². The van der Waals surface area contributed by atoms with Crippen molar-refractivity contribution in [1.82, 2.24) is 9.55 Å². The number of methoxy groups -OCH3 is 1. The number of hydrogen-bond donors (Lipinski definition) is 1. The van der Waals surface area contributed by atoms with E-state index in [1.807, 2.05) is 30.3 Å². The van der Waals surface area contributed by atoms with Crippen LogP contribution in [-0.4, -0.2) is 34.3 Å². The normalized spacial score (nSPS) is 11.0. The second-order valence-corrected chi connectivity index (χ2v) is 6.28. The largest absolute Gasteiger partial charge is 0.480 e. The summed E-state index contributed by atoms with van der Waals surface area (Å²) < 4.78 is 6.25. The van der Waals surface area contributed by atoms with Crippen LogP contribution in [0.25, 0.3) is 20.7 Å². The Morgan fingerprint density at radius 1 is 1.33 bits per heavy atom. The molecule has 3 aromatic rings. The number of nitrogens with zero attached hydrogens (tertiary/aromatic N) is 2. The molecule has 0 aliphatic rings. The molecule has 2 heterocycles. The molecule has 0 saturated heterocycles. The van der Waals surface area contributed by atoms with Gasteiger partial charge in [0, 0.05) is 18.4 Å². The van der Waals surface area contributed by atoms with Crippen LogP contribution < -0.4 is 5.56 Å². The van der Waals surface area contributed by atoms with Gasteiger partial charge >= 0.3 is 5.97 Å². The Kier molecular flexibility index (Phi) is 4.73. The van der Waals surface area contributed by atoms with E-state index in [-0.39, 0.29) is 5.56 Å². The fourth-order valence-electron chi connectivity index (χ4n) is 2.49. The van der Waals surface area contributed by atoms with E-state index in [4.69, 9.17) is 9.84 Å². The maximum Gasteiger partial charge on any atom is 0.323 e. The second kappa shape index (κ2) is 6.94. The Morgan fingerprint density at radius 2 is 2.08 bits per heavy atom. The van der Waals surface area contributed by atoms with Crippen molar-refractivity contribution in [1.29, 1.82) is 0 Å². The summed E-state index contributed by atoms with van der Waals surface area (Å²) in [5, 5.41) is 9.53. The lowest BCUT2D eigenvalue weighted by Gasteiger charge is -2.09. The topological polar surface area (TPSA) is 81.4 Å². The van der Waals surface area contributed by atoms with E-state index in [2.05, 4.69) is 4.98 Å². The van der Waals surface area contributed by atoms with Gasteiger partial charge in [0.05, 0.1) is 12.0 Å². The number of carboxylic acids is 1. The molecule has 0 unspecified atom stereocenters. The summed E-state index contributed by atoms with van der Waals surface area (Å²) in [6.07, 6.45) is 0.382. The fraction of sp³-hybridized carbons (Fsp3) is 0.235. The van der Waals surface area contributed by atoms with E-state index in [0.717, 1.165) is 10.4 Å². The molecule has 0 spiro atoms. The van der Waals surface area contributed by atoms with Crippen LogP contribution in [0.15, 0.2) is 41.2 Å². The van der Waals surface area contributed by atoms with Crippen LogP contribution in [0.5, 0.6) is 0 Å². The van der Waals surface area contributed by atoms with Crippen molar-refractivity contribution < 1.29 is 14.6 Å². The number of rotatable bonds is 6. The lowest BCUT2D eigenvalue weighted by atomic mass is 10.2. The Morgan fingerprint density at radius 3 is 2.75 bits per heavy atom. The van der Waals surface area contributed by atoms with Crippen molar-refractivity contribution in [3.63, 3.8) is 0 Å². The highest BCUT2D eigenvalue weighted by molar-refractivity contribution is 7.21. The summed E-state index contributed by atoms with van der Waals surface area (Å²) in [5.74, 6) is -0.645. The highest BCUT2D eigenvalue weighted by atomic mass is 32.1. The molecule has 0 radical (unpaired) electrons. The van der Waals surface area contributed by atoms with Crippen molar-refractivity contribution in [3.8, 4) is 10.4 Å². The average Bonchev–Trinajstić information content (AvgIpc) is 3.01. The lowest BCUT2D eigenvalue weighted by molar-refractivity contribution is -0.137. The van der Waals surface area contributed by atoms with Gasteiger partial charge in [-0.05, 0) is 11.6 Å². The molecular weight excluding hydrogens is 328 g/mol.